The molecule has 0 aromatic carbocycles. The number of nitrogens with one attached hydrogen (secondary N) is 2. The molecule has 23 heavy (non-hydrogen) atoms. The van der Waals surface area contributed by atoms with E-state index >= 15 is 0 Å². The van der Waals surface area contributed by atoms with Gasteiger partial charge >= 0.3 is 12.1 Å². The molecule has 1 atom stereocenters. The van der Waals surface area contributed by atoms with Crippen LogP contribution in [0.2, 0.25) is 0 Å². The Bertz CT molecular complexity index is 362. The molecule has 136 valence electrons. The van der Waals surface area contributed by atoms with Crippen molar-refractivity contribution in [2.75, 3.05) is 6.54 Å². The summed E-state index contributed by atoms with van der Waals surface area (Å²) in [6, 6.07) is -0.233. The molecule has 0 spiro atoms. The molecular formula is C17H34N2O4. The highest BCUT2D eigenvalue weighted by molar-refractivity contribution is 5.81. The van der Waals surface area contributed by atoms with Gasteiger partial charge in [-0.3, -0.25) is 0 Å². The maximum absolute atomic E-state index is 12.1. The average molecular weight is 330 g/mol. The van der Waals surface area contributed by atoms with Crippen molar-refractivity contribution < 1.29 is 19.1 Å². The molecule has 0 aromatic heterocycles. The first-order chi connectivity index (χ1) is 10.5. The minimum Gasteiger partial charge on any atom is -0.461 e. The van der Waals surface area contributed by atoms with E-state index in [1.807, 2.05) is 0 Å². The number of ether oxygens (including phenoxy) is 2. The third-order valence-corrected chi connectivity index (χ3v) is 2.80. The van der Waals surface area contributed by atoms with Gasteiger partial charge in [-0.2, -0.15) is 0 Å². The highest BCUT2D eigenvalue weighted by Crippen LogP contribution is 2.09. The number of hydrogen-bond acceptors (Lipinski definition) is 5. The second kappa shape index (κ2) is 10.5. The summed E-state index contributed by atoms with van der Waals surface area (Å²) in [5.41, 5.74) is -0.599. The molecule has 0 radical (unpaired) electrons. The molecule has 0 saturated carbocycles. The molecule has 0 aliphatic rings. The van der Waals surface area contributed by atoms with Crippen LogP contribution in [0.5, 0.6) is 0 Å². The lowest BCUT2D eigenvalue weighted by atomic mass is 10.1. The van der Waals surface area contributed by atoms with Crippen molar-refractivity contribution in [2.24, 2.45) is 0 Å². The van der Waals surface area contributed by atoms with Crippen LogP contribution < -0.4 is 10.6 Å². The molecule has 0 bridgehead atoms. The molecular weight excluding hydrogens is 296 g/mol. The molecule has 6 heteroatoms. The Labute approximate surface area is 140 Å². The number of amides is 1. The SMILES string of the molecule is CC(C)NCCCCC(NC(=O)OC(C)(C)C)C(=O)OC(C)C. The van der Waals surface area contributed by atoms with Crippen LogP contribution >= 0.6 is 0 Å². The third kappa shape index (κ3) is 12.9. The van der Waals surface area contributed by atoms with Gasteiger partial charge in [-0.25, -0.2) is 9.59 Å². The summed E-state index contributed by atoms with van der Waals surface area (Å²) in [4.78, 5) is 24.0. The van der Waals surface area contributed by atoms with E-state index in [9.17, 15) is 9.59 Å². The second-order valence-corrected chi connectivity index (χ2v) is 7.29. The number of unbranched alkanes of at least 4 members (excludes halogenated alkanes) is 1. The molecule has 0 heterocycles. The molecule has 6 nitrogen and oxygen atoms in total. The van der Waals surface area contributed by atoms with Gasteiger partial charge in [0.1, 0.15) is 11.6 Å². The molecule has 0 aromatic rings. The average Bonchev–Trinajstić information content (AvgIpc) is 2.33. The van der Waals surface area contributed by atoms with Crippen molar-refractivity contribution in [3.8, 4) is 0 Å². The lowest BCUT2D eigenvalue weighted by Crippen LogP contribution is -2.44. The molecule has 1 amide bonds. The fraction of sp³-hybridized carbons (Fsp3) is 0.882. The summed E-state index contributed by atoms with van der Waals surface area (Å²) in [5.74, 6) is -0.414. The van der Waals surface area contributed by atoms with Gasteiger partial charge in [0, 0.05) is 6.04 Å². The lowest BCUT2D eigenvalue weighted by molar-refractivity contribution is -0.150. The van der Waals surface area contributed by atoms with Crippen molar-refractivity contribution >= 4 is 12.1 Å². The Kier molecular flexibility index (Phi) is 9.88. The summed E-state index contributed by atoms with van der Waals surface area (Å²) in [5, 5.41) is 5.95. The molecule has 1 unspecified atom stereocenters. The Morgan fingerprint density at radius 3 is 2.13 bits per heavy atom. The minimum atomic E-state index is -0.675. The van der Waals surface area contributed by atoms with Crippen molar-refractivity contribution in [3.05, 3.63) is 0 Å². The first-order valence-electron chi connectivity index (χ1n) is 8.44. The van der Waals surface area contributed by atoms with E-state index in [4.69, 9.17) is 9.47 Å². The van der Waals surface area contributed by atoms with Gasteiger partial charge in [-0.05, 0) is 60.4 Å². The van der Waals surface area contributed by atoms with Crippen molar-refractivity contribution in [2.45, 2.75) is 91.5 Å². The summed E-state index contributed by atoms with van der Waals surface area (Å²) in [7, 11) is 0. The van der Waals surface area contributed by atoms with E-state index in [1.54, 1.807) is 34.6 Å². The summed E-state index contributed by atoms with van der Waals surface area (Å²) in [6.45, 7) is 14.0. The van der Waals surface area contributed by atoms with E-state index in [1.165, 1.54) is 0 Å². The Morgan fingerprint density at radius 2 is 1.65 bits per heavy atom. The van der Waals surface area contributed by atoms with Gasteiger partial charge in [0.05, 0.1) is 6.10 Å². The van der Waals surface area contributed by atoms with E-state index in [-0.39, 0.29) is 6.10 Å². The zero-order valence-electron chi connectivity index (χ0n) is 15.7. The fourth-order valence-corrected chi connectivity index (χ4v) is 1.88. The van der Waals surface area contributed by atoms with Crippen molar-refractivity contribution in [3.63, 3.8) is 0 Å². The van der Waals surface area contributed by atoms with Gasteiger partial charge in [0.15, 0.2) is 0 Å². The van der Waals surface area contributed by atoms with E-state index in [2.05, 4.69) is 24.5 Å². The van der Waals surface area contributed by atoms with Crippen LogP contribution in [-0.2, 0) is 14.3 Å². The topological polar surface area (TPSA) is 76.7 Å². The maximum Gasteiger partial charge on any atom is 0.408 e. The van der Waals surface area contributed by atoms with Crippen LogP contribution in [0, 0.1) is 0 Å². The van der Waals surface area contributed by atoms with E-state index < -0.39 is 23.7 Å². The number of alkyl carbamates (subject to hydrolysis) is 1. The zero-order valence-corrected chi connectivity index (χ0v) is 15.7. The first kappa shape index (κ1) is 21.7. The Hall–Kier alpha value is -1.30. The number of carbonyl (C=O) groups excluding carboxylic acids is 2. The molecule has 0 aliphatic heterocycles. The van der Waals surface area contributed by atoms with Crippen LogP contribution in [-0.4, -0.2) is 42.4 Å². The molecule has 0 aliphatic carbocycles. The maximum atomic E-state index is 12.1. The normalized spacial score (nSPS) is 13.1. The predicted molar refractivity (Wildman–Crippen MR) is 91.4 cm³/mol. The van der Waals surface area contributed by atoms with Crippen LogP contribution in [0.4, 0.5) is 4.79 Å². The minimum absolute atomic E-state index is 0.215. The highest BCUT2D eigenvalue weighted by atomic mass is 16.6. The van der Waals surface area contributed by atoms with Crippen LogP contribution in [0.15, 0.2) is 0 Å². The van der Waals surface area contributed by atoms with Gasteiger partial charge in [0.2, 0.25) is 0 Å². The summed E-state index contributed by atoms with van der Waals surface area (Å²) >= 11 is 0. The Morgan fingerprint density at radius 1 is 1.04 bits per heavy atom. The number of hydrogen-bond donors (Lipinski definition) is 2. The summed E-state index contributed by atoms with van der Waals surface area (Å²) in [6.07, 6.45) is 1.47. The Balaban J connectivity index is 4.45. The van der Waals surface area contributed by atoms with Gasteiger partial charge in [-0.1, -0.05) is 13.8 Å². The third-order valence-electron chi connectivity index (χ3n) is 2.80. The van der Waals surface area contributed by atoms with Gasteiger partial charge in [0.25, 0.3) is 0 Å². The van der Waals surface area contributed by atoms with Crippen LogP contribution in [0.1, 0.15) is 67.7 Å². The largest absolute Gasteiger partial charge is 0.461 e. The van der Waals surface area contributed by atoms with Crippen molar-refractivity contribution in [1.29, 1.82) is 0 Å². The smallest absolute Gasteiger partial charge is 0.408 e. The molecule has 2 N–H and O–H groups in total. The first-order valence-corrected chi connectivity index (χ1v) is 8.44. The number of carbonyl (C=O) groups is 2. The summed E-state index contributed by atoms with van der Waals surface area (Å²) < 4.78 is 10.4. The quantitative estimate of drug-likeness (QED) is 0.502. The second-order valence-electron chi connectivity index (χ2n) is 7.29. The molecule has 0 fully saturated rings. The lowest BCUT2D eigenvalue weighted by Gasteiger charge is -2.23. The van der Waals surface area contributed by atoms with Crippen molar-refractivity contribution in [1.82, 2.24) is 10.6 Å². The number of rotatable bonds is 9. The predicted octanol–water partition coefficient (Wildman–Crippen LogP) is 3.00. The zero-order chi connectivity index (χ0) is 18.0. The molecule has 0 saturated heterocycles. The van der Waals surface area contributed by atoms with E-state index in [0.717, 1.165) is 19.4 Å². The number of esters is 1. The van der Waals surface area contributed by atoms with E-state index in [0.29, 0.717) is 12.5 Å². The van der Waals surface area contributed by atoms with Crippen LogP contribution in [0.25, 0.3) is 0 Å². The van der Waals surface area contributed by atoms with Gasteiger partial charge < -0.3 is 20.1 Å². The monoisotopic (exact) mass is 330 g/mol. The fourth-order valence-electron chi connectivity index (χ4n) is 1.88. The van der Waals surface area contributed by atoms with Gasteiger partial charge in [-0.15, -0.1) is 0 Å². The highest BCUT2D eigenvalue weighted by Gasteiger charge is 2.25. The van der Waals surface area contributed by atoms with Crippen LogP contribution in [0.3, 0.4) is 0 Å². The molecule has 0 rings (SSSR count). The standard InChI is InChI=1S/C17H34N2O4/c1-12(2)18-11-9-8-10-14(15(20)22-13(3)4)19-16(21)23-17(5,6)7/h12-14,18H,8-11H2,1-7H3,(H,19,21).